The van der Waals surface area contributed by atoms with E-state index < -0.39 is 18.1 Å². The van der Waals surface area contributed by atoms with Crippen molar-refractivity contribution >= 4 is 29.5 Å². The van der Waals surface area contributed by atoms with Crippen molar-refractivity contribution in [1.29, 1.82) is 5.41 Å². The summed E-state index contributed by atoms with van der Waals surface area (Å²) in [7, 11) is 0. The van der Waals surface area contributed by atoms with Crippen LogP contribution in [0, 0.1) is 23.2 Å². The summed E-state index contributed by atoms with van der Waals surface area (Å²) in [4.78, 5) is 47.3. The number of hydrogen-bond donors (Lipinski definition) is 7. The average molecular weight is 735 g/mol. The molecule has 11 nitrogen and oxygen atoms in total. The van der Waals surface area contributed by atoms with Crippen LogP contribution in [0.1, 0.15) is 105 Å². The number of carbonyl (C=O) groups excluding carboxylic acids is 3. The molecule has 2 fully saturated rings. The van der Waals surface area contributed by atoms with Gasteiger partial charge in [-0.2, -0.15) is 0 Å². The number of nitrogens with one attached hydrogen (secondary N) is 4. The van der Waals surface area contributed by atoms with E-state index in [1.54, 1.807) is 0 Å². The molecule has 3 unspecified atom stereocenters. The molecule has 5 rings (SSSR count). The monoisotopic (exact) mass is 734 g/mol. The molecule has 3 amide bonds. The highest BCUT2D eigenvalue weighted by atomic mass is 16.2. The first-order chi connectivity index (χ1) is 26.2. The van der Waals surface area contributed by atoms with Gasteiger partial charge in [-0.05, 0) is 73.5 Å². The van der Waals surface area contributed by atoms with Gasteiger partial charge in [0, 0.05) is 18.0 Å². The fourth-order valence-electron chi connectivity index (χ4n) is 8.14. The Balaban J connectivity index is 1.39. The number of nitrogen functional groups attached to an aromatic ring is 1. The number of rotatable bonds is 17. The molecule has 2 aliphatic carbocycles. The van der Waals surface area contributed by atoms with Crippen LogP contribution >= 0.6 is 0 Å². The molecule has 2 saturated carbocycles. The minimum atomic E-state index is -0.890. The van der Waals surface area contributed by atoms with E-state index in [0.29, 0.717) is 31.4 Å². The number of nitrogens with two attached hydrogens (primary N) is 3. The lowest BCUT2D eigenvalue weighted by Crippen LogP contribution is -2.57. The number of benzene rings is 3. The summed E-state index contributed by atoms with van der Waals surface area (Å²) in [6.07, 6.45) is 11.2. The standard InChI is InChI=1S/C43H58N8O3/c44-39(45)34-25-23-29(24-26-34)28-35(30-14-5-1-6-15-30)40(52)51-38(33-20-11-4-12-21-33)42(54)49-36(22-13-27-48-43(46)47)41(53)50-37(31-16-7-2-8-17-31)32-18-9-3-10-19-32/h2-3,7-10,16-19,23-26,30,33,35-38H,1,4-6,11-15,20-22,27-28H2,(H3,44,45)(H,49,54)(H,50,53)(H,51,52)(H4,46,47,48). The lowest BCUT2D eigenvalue weighted by Gasteiger charge is -2.35. The third kappa shape index (κ3) is 11.7. The molecule has 3 aromatic carbocycles. The molecule has 0 radical (unpaired) electrons. The Morgan fingerprint density at radius 2 is 1.22 bits per heavy atom. The summed E-state index contributed by atoms with van der Waals surface area (Å²) in [5.41, 5.74) is 20.3. The summed E-state index contributed by atoms with van der Waals surface area (Å²) in [6.45, 7) is 0.308. The molecule has 0 aliphatic heterocycles. The molecule has 3 aromatic rings. The maximum atomic E-state index is 14.5. The molecule has 10 N–H and O–H groups in total. The van der Waals surface area contributed by atoms with Gasteiger partial charge < -0.3 is 33.2 Å². The van der Waals surface area contributed by atoms with Gasteiger partial charge in [0.25, 0.3) is 0 Å². The van der Waals surface area contributed by atoms with Crippen LogP contribution in [0.4, 0.5) is 0 Å². The summed E-state index contributed by atoms with van der Waals surface area (Å²) in [5.74, 6) is -0.984. The molecule has 11 heteroatoms. The highest BCUT2D eigenvalue weighted by Crippen LogP contribution is 2.34. The summed E-state index contributed by atoms with van der Waals surface area (Å²) in [6, 6.07) is 24.9. The molecule has 54 heavy (non-hydrogen) atoms. The minimum absolute atomic E-state index is 0.00309. The van der Waals surface area contributed by atoms with Crippen molar-refractivity contribution < 1.29 is 14.4 Å². The van der Waals surface area contributed by atoms with Crippen LogP contribution in [0.25, 0.3) is 0 Å². The molecule has 0 spiro atoms. The molecule has 0 heterocycles. The van der Waals surface area contributed by atoms with Gasteiger partial charge in [-0.1, -0.05) is 123 Å². The predicted octanol–water partition coefficient (Wildman–Crippen LogP) is 5.22. The summed E-state index contributed by atoms with van der Waals surface area (Å²) < 4.78 is 0. The zero-order chi connectivity index (χ0) is 38.3. The number of hydrogen-bond acceptors (Lipinski definition) is 5. The van der Waals surface area contributed by atoms with E-state index in [2.05, 4.69) is 20.9 Å². The van der Waals surface area contributed by atoms with Gasteiger partial charge in [0.15, 0.2) is 5.96 Å². The number of aliphatic imine (C=N–C) groups is 1. The highest BCUT2D eigenvalue weighted by molar-refractivity contribution is 5.95. The maximum absolute atomic E-state index is 14.5. The Labute approximate surface area is 319 Å². The smallest absolute Gasteiger partial charge is 0.243 e. The van der Waals surface area contributed by atoms with Crippen LogP contribution in [0.2, 0.25) is 0 Å². The number of amidine groups is 1. The lowest BCUT2D eigenvalue weighted by atomic mass is 9.76. The van der Waals surface area contributed by atoms with Crippen LogP contribution in [-0.2, 0) is 20.8 Å². The first kappa shape index (κ1) is 40.0. The van der Waals surface area contributed by atoms with Crippen LogP contribution in [0.5, 0.6) is 0 Å². The van der Waals surface area contributed by atoms with E-state index in [-0.39, 0.29) is 47.3 Å². The van der Waals surface area contributed by atoms with Gasteiger partial charge in [-0.3, -0.25) is 24.8 Å². The first-order valence-corrected chi connectivity index (χ1v) is 19.7. The van der Waals surface area contributed by atoms with Crippen molar-refractivity contribution in [3.8, 4) is 0 Å². The van der Waals surface area contributed by atoms with Crippen molar-refractivity contribution in [1.82, 2.24) is 16.0 Å². The number of guanidine groups is 1. The Morgan fingerprint density at radius 3 is 1.76 bits per heavy atom. The van der Waals surface area contributed by atoms with Crippen molar-refractivity contribution in [3.05, 3.63) is 107 Å². The second-order valence-electron chi connectivity index (χ2n) is 15.0. The molecule has 288 valence electrons. The second kappa shape index (κ2) is 20.3. The van der Waals surface area contributed by atoms with Gasteiger partial charge in [-0.15, -0.1) is 0 Å². The number of nitrogens with zero attached hydrogens (tertiary/aromatic N) is 1. The van der Waals surface area contributed by atoms with Gasteiger partial charge in [0.1, 0.15) is 17.9 Å². The Bertz CT molecular complexity index is 1640. The van der Waals surface area contributed by atoms with E-state index >= 15 is 0 Å². The Morgan fingerprint density at radius 1 is 0.667 bits per heavy atom. The largest absolute Gasteiger partial charge is 0.384 e. The zero-order valence-corrected chi connectivity index (χ0v) is 31.4. The van der Waals surface area contributed by atoms with E-state index in [1.165, 1.54) is 0 Å². The fraction of sp³-hybridized carbons (Fsp3) is 0.465. The molecular formula is C43H58N8O3. The van der Waals surface area contributed by atoms with Gasteiger partial charge in [-0.25, -0.2) is 0 Å². The van der Waals surface area contributed by atoms with Crippen LogP contribution in [0.15, 0.2) is 89.9 Å². The van der Waals surface area contributed by atoms with Crippen molar-refractivity contribution in [2.45, 2.75) is 102 Å². The Kier molecular flexibility index (Phi) is 15.1. The lowest BCUT2D eigenvalue weighted by molar-refractivity contribution is -0.135. The SMILES string of the molecule is N=C(N)c1ccc(CC(C(=O)NC(C(=O)NC(CCCN=C(N)N)C(=O)NC(c2ccccc2)c2ccccc2)C2CCCCC2)C2CCCCC2)cc1. The van der Waals surface area contributed by atoms with Crippen molar-refractivity contribution in [3.63, 3.8) is 0 Å². The van der Waals surface area contributed by atoms with E-state index in [0.717, 1.165) is 80.9 Å². The first-order valence-electron chi connectivity index (χ1n) is 19.7. The van der Waals surface area contributed by atoms with Gasteiger partial charge >= 0.3 is 0 Å². The van der Waals surface area contributed by atoms with E-state index in [4.69, 9.17) is 22.6 Å². The molecular weight excluding hydrogens is 677 g/mol. The third-order valence-electron chi connectivity index (χ3n) is 11.1. The molecule has 0 bridgehead atoms. The van der Waals surface area contributed by atoms with Crippen molar-refractivity contribution in [2.24, 2.45) is 39.9 Å². The number of carbonyl (C=O) groups is 3. The van der Waals surface area contributed by atoms with Gasteiger partial charge in [0.05, 0.1) is 6.04 Å². The Hall–Kier alpha value is -5.19. The average Bonchev–Trinajstić information content (AvgIpc) is 3.20. The van der Waals surface area contributed by atoms with Gasteiger partial charge in [0.2, 0.25) is 17.7 Å². The maximum Gasteiger partial charge on any atom is 0.243 e. The van der Waals surface area contributed by atoms with Crippen LogP contribution in [-0.4, -0.2) is 48.1 Å². The summed E-state index contributed by atoms with van der Waals surface area (Å²) >= 11 is 0. The molecule has 2 aliphatic rings. The van der Waals surface area contributed by atoms with Crippen LogP contribution in [0.3, 0.4) is 0 Å². The topological polar surface area (TPSA) is 202 Å². The van der Waals surface area contributed by atoms with E-state index in [9.17, 15) is 14.4 Å². The molecule has 3 atom stereocenters. The van der Waals surface area contributed by atoms with E-state index in [1.807, 2.05) is 84.9 Å². The second-order valence-corrected chi connectivity index (χ2v) is 15.0. The fourth-order valence-corrected chi connectivity index (χ4v) is 8.14. The number of amides is 3. The zero-order valence-electron chi connectivity index (χ0n) is 31.4. The highest BCUT2D eigenvalue weighted by Gasteiger charge is 2.37. The van der Waals surface area contributed by atoms with Crippen molar-refractivity contribution in [2.75, 3.05) is 6.54 Å². The summed E-state index contributed by atoms with van der Waals surface area (Å²) in [5, 5.41) is 17.3. The molecule has 0 aromatic heterocycles. The molecule has 0 saturated heterocycles. The third-order valence-corrected chi connectivity index (χ3v) is 11.1. The van der Waals surface area contributed by atoms with Crippen LogP contribution < -0.4 is 33.2 Å². The minimum Gasteiger partial charge on any atom is -0.384 e. The normalized spacial score (nSPS) is 16.8. The quantitative estimate of drug-likeness (QED) is 0.0563. The predicted molar refractivity (Wildman–Crippen MR) is 214 cm³/mol.